The molecule has 3 rings (SSSR count). The highest BCUT2D eigenvalue weighted by Crippen LogP contribution is 2.17. The highest BCUT2D eigenvalue weighted by atomic mass is 19.1. The summed E-state index contributed by atoms with van der Waals surface area (Å²) in [7, 11) is 1.52. The maximum atomic E-state index is 13.1. The molecular weight excluding hydrogens is 317 g/mol. The Morgan fingerprint density at radius 3 is 2.67 bits per heavy atom. The van der Waals surface area contributed by atoms with E-state index in [1.807, 2.05) is 0 Å². The quantitative estimate of drug-likeness (QED) is 0.765. The molecule has 0 aliphatic heterocycles. The lowest BCUT2D eigenvalue weighted by Crippen LogP contribution is -2.07. The van der Waals surface area contributed by atoms with Gasteiger partial charge in [0.15, 0.2) is 0 Å². The first kappa shape index (κ1) is 15.7. The largest absolute Gasteiger partial charge is 0.477 e. The number of hydrogen-bond acceptors (Lipinski definition) is 5. The van der Waals surface area contributed by atoms with Gasteiger partial charge in [-0.3, -0.25) is 4.68 Å². The third-order valence-corrected chi connectivity index (χ3v) is 3.46. The van der Waals surface area contributed by atoms with Crippen molar-refractivity contribution >= 4 is 5.97 Å². The Morgan fingerprint density at radius 2 is 2.04 bits per heavy atom. The van der Waals surface area contributed by atoms with Crippen molar-refractivity contribution in [1.82, 2.24) is 24.8 Å². The monoisotopic (exact) mass is 331 g/mol. The number of carboxylic acids is 1. The van der Waals surface area contributed by atoms with Crippen LogP contribution in [0.3, 0.4) is 0 Å². The van der Waals surface area contributed by atoms with Crippen molar-refractivity contribution < 1.29 is 19.0 Å². The van der Waals surface area contributed by atoms with E-state index in [4.69, 9.17) is 9.84 Å². The second kappa shape index (κ2) is 6.11. The number of carbonyl (C=O) groups is 1. The van der Waals surface area contributed by atoms with Gasteiger partial charge < -0.3 is 9.84 Å². The summed E-state index contributed by atoms with van der Waals surface area (Å²) in [6.45, 7) is 1.86. The van der Waals surface area contributed by atoms with E-state index in [0.717, 1.165) is 0 Å². The average Bonchev–Trinajstić information content (AvgIpc) is 3.09. The maximum absolute atomic E-state index is 13.1. The first-order valence-electron chi connectivity index (χ1n) is 7.03. The Bertz CT molecular complexity index is 885. The second-order valence-corrected chi connectivity index (χ2v) is 5.10. The first-order valence-corrected chi connectivity index (χ1v) is 7.03. The zero-order valence-electron chi connectivity index (χ0n) is 13.0. The molecule has 0 atom stereocenters. The Kier molecular flexibility index (Phi) is 3.98. The Morgan fingerprint density at radius 1 is 1.33 bits per heavy atom. The number of carboxylic acid groups (broad SMARTS) is 1. The van der Waals surface area contributed by atoms with Crippen LogP contribution in [0.1, 0.15) is 21.9 Å². The molecule has 2 heterocycles. The van der Waals surface area contributed by atoms with Crippen molar-refractivity contribution in [2.24, 2.45) is 7.05 Å². The van der Waals surface area contributed by atoms with Crippen LogP contribution in [0.5, 0.6) is 5.88 Å². The average molecular weight is 331 g/mol. The predicted molar refractivity (Wildman–Crippen MR) is 80.6 cm³/mol. The van der Waals surface area contributed by atoms with E-state index in [-0.39, 0.29) is 24.0 Å². The van der Waals surface area contributed by atoms with Crippen LogP contribution in [-0.4, -0.2) is 35.9 Å². The molecule has 3 aromatic rings. The Hall–Kier alpha value is -3.23. The van der Waals surface area contributed by atoms with Crippen LogP contribution >= 0.6 is 0 Å². The first-order chi connectivity index (χ1) is 11.5. The Balaban J connectivity index is 1.83. The van der Waals surface area contributed by atoms with Crippen LogP contribution in [-0.2, 0) is 13.7 Å². The van der Waals surface area contributed by atoms with Gasteiger partial charge in [0.1, 0.15) is 23.8 Å². The van der Waals surface area contributed by atoms with E-state index in [9.17, 15) is 9.18 Å². The van der Waals surface area contributed by atoms with Gasteiger partial charge in [-0.15, -0.1) is 10.2 Å². The van der Waals surface area contributed by atoms with Crippen LogP contribution in [0.2, 0.25) is 0 Å². The van der Waals surface area contributed by atoms with Gasteiger partial charge in [-0.2, -0.15) is 0 Å². The van der Waals surface area contributed by atoms with Gasteiger partial charge in [-0.1, -0.05) is 5.21 Å². The van der Waals surface area contributed by atoms with Gasteiger partial charge in [0.05, 0.1) is 11.4 Å². The molecule has 8 nitrogen and oxygen atoms in total. The van der Waals surface area contributed by atoms with Gasteiger partial charge in [0.25, 0.3) is 0 Å². The Labute approximate surface area is 136 Å². The summed E-state index contributed by atoms with van der Waals surface area (Å²) < 4.78 is 21.4. The summed E-state index contributed by atoms with van der Waals surface area (Å²) in [5.41, 5.74) is 1.97. The van der Waals surface area contributed by atoms with Crippen molar-refractivity contribution in [2.75, 3.05) is 0 Å². The van der Waals surface area contributed by atoms with Crippen LogP contribution in [0, 0.1) is 12.7 Å². The molecule has 0 unspecified atom stereocenters. The molecular formula is C15H14FN5O3. The number of nitrogens with zero attached hydrogens (tertiary/aromatic N) is 5. The van der Waals surface area contributed by atoms with Gasteiger partial charge in [0, 0.05) is 13.1 Å². The number of aryl methyl sites for hydroxylation is 2. The summed E-state index contributed by atoms with van der Waals surface area (Å²) in [5, 5.41) is 21.0. The van der Waals surface area contributed by atoms with Crippen LogP contribution in [0.25, 0.3) is 5.69 Å². The molecule has 0 amide bonds. The molecule has 24 heavy (non-hydrogen) atoms. The fourth-order valence-corrected chi connectivity index (χ4v) is 2.19. The second-order valence-electron chi connectivity index (χ2n) is 5.10. The highest BCUT2D eigenvalue weighted by molar-refractivity contribution is 5.85. The molecule has 2 aromatic heterocycles. The standard InChI is InChI=1S/C15H14FN5O3/c1-9-13(8-24-14-7-12(15(22)23)20(2)18-14)21(19-17-9)11-5-3-10(16)4-6-11/h3-7H,8H2,1-2H3,(H,22,23). The minimum absolute atomic E-state index is 0.0203. The van der Waals surface area contributed by atoms with E-state index in [1.54, 1.807) is 19.1 Å². The number of benzene rings is 1. The molecule has 0 bridgehead atoms. The molecule has 0 radical (unpaired) electrons. The lowest BCUT2D eigenvalue weighted by Gasteiger charge is -2.07. The third-order valence-electron chi connectivity index (χ3n) is 3.46. The van der Waals surface area contributed by atoms with Gasteiger partial charge in [-0.25, -0.2) is 13.9 Å². The molecule has 1 aromatic carbocycles. The van der Waals surface area contributed by atoms with Crippen LogP contribution < -0.4 is 4.74 Å². The molecule has 0 aliphatic carbocycles. The minimum Gasteiger partial charge on any atom is -0.477 e. The highest BCUT2D eigenvalue weighted by Gasteiger charge is 2.15. The molecule has 9 heteroatoms. The lowest BCUT2D eigenvalue weighted by molar-refractivity contribution is 0.0685. The maximum Gasteiger partial charge on any atom is 0.354 e. The van der Waals surface area contributed by atoms with E-state index in [1.165, 1.54) is 34.6 Å². The zero-order valence-corrected chi connectivity index (χ0v) is 13.0. The lowest BCUT2D eigenvalue weighted by atomic mass is 10.3. The van der Waals surface area contributed by atoms with Crippen LogP contribution in [0.4, 0.5) is 4.39 Å². The zero-order chi connectivity index (χ0) is 17.3. The van der Waals surface area contributed by atoms with Gasteiger partial charge >= 0.3 is 5.97 Å². The molecule has 0 saturated carbocycles. The molecule has 1 N–H and O–H groups in total. The van der Waals surface area contributed by atoms with E-state index in [0.29, 0.717) is 17.1 Å². The van der Waals surface area contributed by atoms with Crippen molar-refractivity contribution in [1.29, 1.82) is 0 Å². The number of rotatable bonds is 5. The topological polar surface area (TPSA) is 95.1 Å². The van der Waals surface area contributed by atoms with Crippen LogP contribution in [0.15, 0.2) is 30.3 Å². The predicted octanol–water partition coefficient (Wildman–Crippen LogP) is 1.73. The molecule has 0 fully saturated rings. The molecule has 0 spiro atoms. The molecule has 0 aliphatic rings. The number of halogens is 1. The number of aromatic nitrogens is 5. The molecule has 124 valence electrons. The fraction of sp³-hybridized carbons (Fsp3) is 0.200. The van der Waals surface area contributed by atoms with E-state index >= 15 is 0 Å². The summed E-state index contributed by atoms with van der Waals surface area (Å²) in [4.78, 5) is 11.0. The normalized spacial score (nSPS) is 10.8. The smallest absolute Gasteiger partial charge is 0.354 e. The summed E-state index contributed by atoms with van der Waals surface area (Å²) >= 11 is 0. The minimum atomic E-state index is -1.09. The number of hydrogen-bond donors (Lipinski definition) is 1. The number of aromatic carboxylic acids is 1. The number of ether oxygens (including phenoxy) is 1. The van der Waals surface area contributed by atoms with Crippen molar-refractivity contribution in [2.45, 2.75) is 13.5 Å². The van der Waals surface area contributed by atoms with E-state index in [2.05, 4.69) is 15.4 Å². The summed E-state index contributed by atoms with van der Waals surface area (Å²) in [5.74, 6) is -1.25. The van der Waals surface area contributed by atoms with Gasteiger partial charge in [0.2, 0.25) is 5.88 Å². The SMILES string of the molecule is Cc1nnn(-c2ccc(F)cc2)c1COc1cc(C(=O)O)n(C)n1. The van der Waals surface area contributed by atoms with E-state index < -0.39 is 5.97 Å². The third kappa shape index (κ3) is 2.96. The van der Waals surface area contributed by atoms with Gasteiger partial charge in [-0.05, 0) is 31.2 Å². The van der Waals surface area contributed by atoms with Crippen molar-refractivity contribution in [3.8, 4) is 11.6 Å². The molecule has 0 saturated heterocycles. The van der Waals surface area contributed by atoms with Crippen molar-refractivity contribution in [3.63, 3.8) is 0 Å². The van der Waals surface area contributed by atoms with Crippen molar-refractivity contribution in [3.05, 3.63) is 53.2 Å². The summed E-state index contributed by atoms with van der Waals surface area (Å²) in [6.07, 6.45) is 0. The fourth-order valence-electron chi connectivity index (χ4n) is 2.19. The summed E-state index contributed by atoms with van der Waals surface area (Å²) in [6, 6.07) is 7.15.